The minimum Gasteiger partial charge on any atom is -0.394 e. The van der Waals surface area contributed by atoms with Crippen LogP contribution in [-0.2, 0) is 4.74 Å². The number of nitrogens with one attached hydrogen (secondary N) is 1. The molecule has 3 nitrogen and oxygen atoms in total. The minimum absolute atomic E-state index is 0.0584. The van der Waals surface area contributed by atoms with Crippen LogP contribution >= 0.6 is 0 Å². The van der Waals surface area contributed by atoms with Crippen molar-refractivity contribution in [2.24, 2.45) is 0 Å². The number of aliphatic hydroxyl groups is 1. The largest absolute Gasteiger partial charge is 0.394 e. The van der Waals surface area contributed by atoms with Crippen LogP contribution in [0.3, 0.4) is 0 Å². The van der Waals surface area contributed by atoms with Gasteiger partial charge in [-0.1, -0.05) is 26.2 Å². The van der Waals surface area contributed by atoms with E-state index in [9.17, 15) is 5.11 Å². The SMILES string of the molecule is CCC(CO)(CCCOC1CCCCC1)NC1CC1. The first-order chi connectivity index (χ1) is 9.28. The summed E-state index contributed by atoms with van der Waals surface area (Å²) in [5.74, 6) is 0. The molecule has 0 radical (unpaired) electrons. The smallest absolute Gasteiger partial charge is 0.0613 e. The highest BCUT2D eigenvalue weighted by Gasteiger charge is 2.33. The van der Waals surface area contributed by atoms with E-state index in [-0.39, 0.29) is 12.1 Å². The molecule has 1 atom stereocenters. The number of ether oxygens (including phenoxy) is 1. The molecule has 2 fully saturated rings. The highest BCUT2D eigenvalue weighted by molar-refractivity contribution is 4.94. The second kappa shape index (κ2) is 7.61. The lowest BCUT2D eigenvalue weighted by atomic mass is 9.91. The molecule has 2 aliphatic carbocycles. The summed E-state index contributed by atoms with van der Waals surface area (Å²) in [6.45, 7) is 3.29. The Morgan fingerprint density at radius 3 is 2.47 bits per heavy atom. The van der Waals surface area contributed by atoms with Gasteiger partial charge in [0.05, 0.1) is 12.7 Å². The normalized spacial score (nSPS) is 24.3. The molecule has 0 aromatic rings. The van der Waals surface area contributed by atoms with Crippen molar-refractivity contribution in [1.29, 1.82) is 0 Å². The molecule has 2 N–H and O–H groups in total. The predicted octanol–water partition coefficient (Wildman–Crippen LogP) is 3.01. The van der Waals surface area contributed by atoms with Gasteiger partial charge in [-0.15, -0.1) is 0 Å². The van der Waals surface area contributed by atoms with E-state index >= 15 is 0 Å². The van der Waals surface area contributed by atoms with E-state index in [0.29, 0.717) is 12.1 Å². The highest BCUT2D eigenvalue weighted by atomic mass is 16.5. The van der Waals surface area contributed by atoms with Gasteiger partial charge in [-0.3, -0.25) is 0 Å². The monoisotopic (exact) mass is 269 g/mol. The summed E-state index contributed by atoms with van der Waals surface area (Å²) in [4.78, 5) is 0. The molecule has 2 rings (SSSR count). The van der Waals surface area contributed by atoms with Gasteiger partial charge in [-0.2, -0.15) is 0 Å². The zero-order valence-corrected chi connectivity index (χ0v) is 12.5. The molecule has 0 saturated heterocycles. The minimum atomic E-state index is -0.0584. The van der Waals surface area contributed by atoms with Crippen molar-refractivity contribution in [3.63, 3.8) is 0 Å². The fraction of sp³-hybridized carbons (Fsp3) is 1.00. The van der Waals surface area contributed by atoms with Gasteiger partial charge in [0.15, 0.2) is 0 Å². The van der Waals surface area contributed by atoms with Crippen LogP contribution < -0.4 is 5.32 Å². The Morgan fingerprint density at radius 2 is 1.89 bits per heavy atom. The van der Waals surface area contributed by atoms with Crippen molar-refractivity contribution in [2.45, 2.75) is 88.8 Å². The Kier molecular flexibility index (Phi) is 6.11. The van der Waals surface area contributed by atoms with Crippen molar-refractivity contribution in [3.05, 3.63) is 0 Å². The summed E-state index contributed by atoms with van der Waals surface area (Å²) in [6.07, 6.45) is 12.7. The van der Waals surface area contributed by atoms with Gasteiger partial charge in [-0.25, -0.2) is 0 Å². The van der Waals surface area contributed by atoms with Crippen LogP contribution in [-0.4, -0.2) is 36.0 Å². The standard InChI is InChI=1S/C16H31NO2/c1-2-16(13-18,17-14-9-10-14)11-6-12-19-15-7-4-3-5-8-15/h14-15,17-18H,2-13H2,1H3. The topological polar surface area (TPSA) is 41.5 Å². The van der Waals surface area contributed by atoms with E-state index < -0.39 is 0 Å². The lowest BCUT2D eigenvalue weighted by Gasteiger charge is -2.33. The fourth-order valence-corrected chi connectivity index (χ4v) is 3.14. The lowest BCUT2D eigenvalue weighted by molar-refractivity contribution is 0.0207. The first-order valence-corrected chi connectivity index (χ1v) is 8.28. The van der Waals surface area contributed by atoms with Crippen LogP contribution in [0.2, 0.25) is 0 Å². The van der Waals surface area contributed by atoms with E-state index in [1.807, 2.05) is 0 Å². The van der Waals surface area contributed by atoms with E-state index in [1.54, 1.807) is 0 Å². The highest BCUT2D eigenvalue weighted by Crippen LogP contribution is 2.27. The number of aliphatic hydroxyl groups excluding tert-OH is 1. The van der Waals surface area contributed by atoms with Crippen molar-refractivity contribution in [3.8, 4) is 0 Å². The Labute approximate surface area is 118 Å². The molecular formula is C16H31NO2. The number of rotatable bonds is 9. The molecule has 19 heavy (non-hydrogen) atoms. The quantitative estimate of drug-likeness (QED) is 0.632. The van der Waals surface area contributed by atoms with Gasteiger partial charge in [0.25, 0.3) is 0 Å². The van der Waals surface area contributed by atoms with Crippen LogP contribution in [0.25, 0.3) is 0 Å². The molecule has 3 heteroatoms. The fourth-order valence-electron chi connectivity index (χ4n) is 3.14. The van der Waals surface area contributed by atoms with Gasteiger partial charge in [-0.05, 0) is 44.9 Å². The van der Waals surface area contributed by atoms with Crippen LogP contribution in [0.4, 0.5) is 0 Å². The molecular weight excluding hydrogens is 238 g/mol. The van der Waals surface area contributed by atoms with E-state index in [0.717, 1.165) is 25.9 Å². The molecule has 0 amide bonds. The zero-order valence-electron chi connectivity index (χ0n) is 12.5. The van der Waals surface area contributed by atoms with Gasteiger partial charge < -0.3 is 15.2 Å². The summed E-state index contributed by atoms with van der Waals surface area (Å²) in [7, 11) is 0. The van der Waals surface area contributed by atoms with E-state index in [4.69, 9.17) is 4.74 Å². The maximum Gasteiger partial charge on any atom is 0.0613 e. The van der Waals surface area contributed by atoms with Crippen LogP contribution in [0.1, 0.15) is 71.1 Å². The van der Waals surface area contributed by atoms with E-state index in [1.165, 1.54) is 44.9 Å². The van der Waals surface area contributed by atoms with Crippen LogP contribution in [0.15, 0.2) is 0 Å². The second-order valence-electron chi connectivity index (χ2n) is 6.44. The van der Waals surface area contributed by atoms with Crippen molar-refractivity contribution < 1.29 is 9.84 Å². The molecule has 1 unspecified atom stereocenters. The maximum atomic E-state index is 9.70. The maximum absolute atomic E-state index is 9.70. The van der Waals surface area contributed by atoms with E-state index in [2.05, 4.69) is 12.2 Å². The molecule has 2 saturated carbocycles. The molecule has 0 aromatic carbocycles. The van der Waals surface area contributed by atoms with Gasteiger partial charge in [0, 0.05) is 18.2 Å². The average Bonchev–Trinajstić information content (AvgIpc) is 3.27. The summed E-state index contributed by atoms with van der Waals surface area (Å²) in [5, 5.41) is 13.3. The molecule has 0 aromatic heterocycles. The Hall–Kier alpha value is -0.120. The molecule has 0 spiro atoms. The molecule has 2 aliphatic rings. The number of hydrogen-bond donors (Lipinski definition) is 2. The van der Waals surface area contributed by atoms with Gasteiger partial charge in [0.1, 0.15) is 0 Å². The molecule has 112 valence electrons. The third kappa shape index (κ3) is 5.05. The van der Waals surface area contributed by atoms with Crippen molar-refractivity contribution >= 4 is 0 Å². The first-order valence-electron chi connectivity index (χ1n) is 8.28. The van der Waals surface area contributed by atoms with Crippen molar-refractivity contribution in [2.75, 3.05) is 13.2 Å². The van der Waals surface area contributed by atoms with Crippen LogP contribution in [0, 0.1) is 0 Å². The second-order valence-corrected chi connectivity index (χ2v) is 6.44. The molecule has 0 heterocycles. The molecule has 0 aliphatic heterocycles. The third-order valence-electron chi connectivity index (χ3n) is 4.77. The summed E-state index contributed by atoms with van der Waals surface area (Å²) in [6, 6.07) is 0.659. The predicted molar refractivity (Wildman–Crippen MR) is 78.3 cm³/mol. The lowest BCUT2D eigenvalue weighted by Crippen LogP contribution is -2.49. The van der Waals surface area contributed by atoms with Crippen LogP contribution in [0.5, 0.6) is 0 Å². The van der Waals surface area contributed by atoms with Gasteiger partial charge >= 0.3 is 0 Å². The van der Waals surface area contributed by atoms with Gasteiger partial charge in [0.2, 0.25) is 0 Å². The molecule has 0 bridgehead atoms. The van der Waals surface area contributed by atoms with Crippen molar-refractivity contribution in [1.82, 2.24) is 5.32 Å². The first kappa shape index (κ1) is 15.3. The Morgan fingerprint density at radius 1 is 1.16 bits per heavy atom. The average molecular weight is 269 g/mol. The number of hydrogen-bond acceptors (Lipinski definition) is 3. The third-order valence-corrected chi connectivity index (χ3v) is 4.77. The summed E-state index contributed by atoms with van der Waals surface area (Å²) >= 11 is 0. The zero-order chi connectivity index (χ0) is 13.6. The Balaban J connectivity index is 1.63. The summed E-state index contributed by atoms with van der Waals surface area (Å²) in [5.41, 5.74) is -0.0584. The summed E-state index contributed by atoms with van der Waals surface area (Å²) < 4.78 is 5.98. The Bertz CT molecular complexity index is 243.